The van der Waals surface area contributed by atoms with E-state index >= 15 is 0 Å². The fourth-order valence-corrected chi connectivity index (χ4v) is 8.16. The van der Waals surface area contributed by atoms with E-state index in [2.05, 4.69) is 50.4 Å². The largest absolute Gasteiger partial charge is 0.488 e. The van der Waals surface area contributed by atoms with Gasteiger partial charge in [0.05, 0.1) is 5.69 Å². The van der Waals surface area contributed by atoms with Crippen molar-refractivity contribution in [3.63, 3.8) is 0 Å². The highest BCUT2D eigenvalue weighted by molar-refractivity contribution is 9.10. The average Bonchev–Trinajstić information content (AvgIpc) is 3.14. The summed E-state index contributed by atoms with van der Waals surface area (Å²) < 4.78 is 6.88. The number of rotatable bonds is 7. The van der Waals surface area contributed by atoms with Gasteiger partial charge < -0.3 is 9.64 Å². The van der Waals surface area contributed by atoms with Gasteiger partial charge in [-0.25, -0.2) is 9.69 Å². The number of ether oxygens (including phenoxy) is 1. The molecular weight excluding hydrogens is 726 g/mol. The first-order valence-corrected chi connectivity index (χ1v) is 18.1. The van der Waals surface area contributed by atoms with Crippen molar-refractivity contribution in [3.05, 3.63) is 164 Å². The van der Waals surface area contributed by atoms with Gasteiger partial charge in [-0.3, -0.25) is 14.9 Å². The second kappa shape index (κ2) is 13.9. The number of urea groups is 1. The summed E-state index contributed by atoms with van der Waals surface area (Å²) in [5.74, 6) is -0.855. The van der Waals surface area contributed by atoms with Crippen molar-refractivity contribution in [1.29, 1.82) is 0 Å². The number of halogens is 2. The van der Waals surface area contributed by atoms with Gasteiger partial charge in [0.2, 0.25) is 0 Å². The smallest absolute Gasteiger partial charge is 0.335 e. The number of amides is 4. The Morgan fingerprint density at radius 2 is 1.43 bits per heavy atom. The first kappa shape index (κ1) is 33.0. The summed E-state index contributed by atoms with van der Waals surface area (Å²) in [7, 11) is 0. The van der Waals surface area contributed by atoms with E-state index in [1.807, 2.05) is 72.8 Å². The molecule has 0 saturated carbocycles. The van der Waals surface area contributed by atoms with Gasteiger partial charge in [-0.05, 0) is 89.2 Å². The molecule has 3 aliphatic heterocycles. The zero-order valence-corrected chi connectivity index (χ0v) is 29.9. The first-order chi connectivity index (χ1) is 24.8. The maximum atomic E-state index is 14.4. The van der Waals surface area contributed by atoms with Crippen molar-refractivity contribution in [2.45, 2.75) is 31.3 Å². The molecule has 0 aromatic heterocycles. The number of nitrogens with zero attached hydrogens (tertiary/aromatic N) is 2. The molecule has 7 nitrogen and oxygen atoms in total. The van der Waals surface area contributed by atoms with Gasteiger partial charge >= 0.3 is 6.03 Å². The molecule has 4 amide bonds. The summed E-state index contributed by atoms with van der Waals surface area (Å²) in [4.78, 5) is 45.0. The highest BCUT2D eigenvalue weighted by atomic mass is 79.9. The fraction of sp³-hybridized carbons (Fsp3) is 0.167. The van der Waals surface area contributed by atoms with Gasteiger partial charge in [0.15, 0.2) is 0 Å². The van der Waals surface area contributed by atoms with Crippen LogP contribution in [0.1, 0.15) is 58.1 Å². The number of carbonyl (C=O) groups is 3. The van der Waals surface area contributed by atoms with Crippen LogP contribution in [-0.4, -0.2) is 30.9 Å². The molecule has 0 bridgehead atoms. The lowest BCUT2D eigenvalue weighted by molar-refractivity contribution is -0.122. The summed E-state index contributed by atoms with van der Waals surface area (Å²) >= 11 is 9.68. The van der Waals surface area contributed by atoms with Gasteiger partial charge in [0.1, 0.15) is 17.9 Å². The molecule has 0 spiro atoms. The lowest BCUT2D eigenvalue weighted by Crippen LogP contribution is -2.54. The highest BCUT2D eigenvalue weighted by Crippen LogP contribution is 2.50. The fourth-order valence-electron chi connectivity index (χ4n) is 7.57. The van der Waals surface area contributed by atoms with Crippen LogP contribution in [-0.2, 0) is 16.2 Å². The second-order valence-corrected chi connectivity index (χ2v) is 14.4. The van der Waals surface area contributed by atoms with Crippen molar-refractivity contribution < 1.29 is 19.1 Å². The normalized spacial score (nSPS) is 19.2. The second-order valence-electron chi connectivity index (χ2n) is 13.0. The Labute approximate surface area is 309 Å². The molecular formula is C42H33BrClN3O4. The van der Waals surface area contributed by atoms with Crippen LogP contribution in [0.15, 0.2) is 125 Å². The molecule has 51 heavy (non-hydrogen) atoms. The molecule has 1 N–H and O–H groups in total. The van der Waals surface area contributed by atoms with Crippen molar-refractivity contribution in [3.8, 4) is 5.75 Å². The number of benzene rings is 5. The van der Waals surface area contributed by atoms with Crippen LogP contribution < -0.4 is 19.9 Å². The molecule has 5 aromatic rings. The minimum Gasteiger partial charge on any atom is -0.488 e. The van der Waals surface area contributed by atoms with Gasteiger partial charge in [0, 0.05) is 45.7 Å². The Hall–Kier alpha value is -5.18. The maximum absolute atomic E-state index is 14.4. The van der Waals surface area contributed by atoms with Crippen LogP contribution in [0.4, 0.5) is 16.2 Å². The summed E-state index contributed by atoms with van der Waals surface area (Å²) in [5.41, 5.74) is 7.32. The molecule has 5 aromatic carbocycles. The van der Waals surface area contributed by atoms with Gasteiger partial charge in [-0.15, -0.1) is 0 Å². The third kappa shape index (κ3) is 6.46. The van der Waals surface area contributed by atoms with Crippen molar-refractivity contribution >= 4 is 62.8 Å². The predicted molar refractivity (Wildman–Crippen MR) is 203 cm³/mol. The molecule has 0 aliphatic carbocycles. The number of barbiturate groups is 1. The Kier molecular flexibility index (Phi) is 8.96. The van der Waals surface area contributed by atoms with Gasteiger partial charge in [-0.2, -0.15) is 0 Å². The van der Waals surface area contributed by atoms with Crippen molar-refractivity contribution in [2.24, 2.45) is 0 Å². The summed E-state index contributed by atoms with van der Waals surface area (Å²) in [6.45, 7) is 2.06. The molecule has 3 aliphatic rings. The quantitative estimate of drug-likeness (QED) is 0.132. The third-order valence-electron chi connectivity index (χ3n) is 9.91. The van der Waals surface area contributed by atoms with E-state index in [9.17, 15) is 14.4 Å². The van der Waals surface area contributed by atoms with Crippen LogP contribution in [0.2, 0.25) is 5.02 Å². The minimum atomic E-state index is -0.781. The standard InChI is InChI=1S/C42H33BrClN3O4/c43-30-14-15-38(51-25-26-8-7-13-31(44)20-26)29(21-30)22-37-40(48)45-42(50)47(41(37)49)32-23-35-33(27-9-3-1-4-10-27)16-18-46-19-17-34(36(24-32)39(35)46)28-11-5-2-6-12-28/h1-15,20-24,33-34H,16-19,25H2,(H,45,48,50)/b37-22+/t33-,34-/m0/s1. The lowest BCUT2D eigenvalue weighted by Gasteiger charge is -2.44. The zero-order chi connectivity index (χ0) is 35.1. The molecule has 254 valence electrons. The van der Waals surface area contributed by atoms with E-state index < -0.39 is 17.8 Å². The predicted octanol–water partition coefficient (Wildman–Crippen LogP) is 9.23. The van der Waals surface area contributed by atoms with E-state index in [0.717, 1.165) is 52.0 Å². The van der Waals surface area contributed by atoms with Crippen molar-refractivity contribution in [2.75, 3.05) is 22.9 Å². The van der Waals surface area contributed by atoms with Crippen LogP contribution in [0, 0.1) is 0 Å². The number of hydrogen-bond donors (Lipinski definition) is 1. The molecule has 3 heterocycles. The summed E-state index contributed by atoms with van der Waals surface area (Å²) in [5, 5.41) is 3.03. The van der Waals surface area contributed by atoms with Gasteiger partial charge in [-0.1, -0.05) is 100 Å². The number of hydrogen-bond acceptors (Lipinski definition) is 5. The Bertz CT molecular complexity index is 2130. The van der Waals surface area contributed by atoms with E-state index in [1.54, 1.807) is 18.2 Å². The van der Waals surface area contributed by atoms with Crippen LogP contribution in [0.3, 0.4) is 0 Å². The number of nitrogens with one attached hydrogen (secondary N) is 1. The molecule has 9 heteroatoms. The van der Waals surface area contributed by atoms with Gasteiger partial charge in [0.25, 0.3) is 11.8 Å². The molecule has 8 rings (SSSR count). The zero-order valence-electron chi connectivity index (χ0n) is 27.5. The van der Waals surface area contributed by atoms with E-state index in [4.69, 9.17) is 16.3 Å². The summed E-state index contributed by atoms with van der Waals surface area (Å²) in [6.07, 6.45) is 3.29. The Morgan fingerprint density at radius 3 is 2.06 bits per heavy atom. The third-order valence-corrected chi connectivity index (χ3v) is 10.6. The number of imide groups is 2. The SMILES string of the molecule is O=C1NC(=O)N(c2cc3c4c(c2)[C@H](c2ccccc2)CCN4CC[C@H]3c2ccccc2)C(=O)/C1=C/c1cc(Br)ccc1OCc1cccc(Cl)c1. The van der Waals surface area contributed by atoms with E-state index in [-0.39, 0.29) is 24.0 Å². The number of carbonyl (C=O) groups excluding carboxylic acids is 3. The Balaban J connectivity index is 1.22. The summed E-state index contributed by atoms with van der Waals surface area (Å²) in [6, 6.07) is 36.6. The molecule has 1 fully saturated rings. The van der Waals surface area contributed by atoms with E-state index in [0.29, 0.717) is 22.0 Å². The molecule has 1 saturated heterocycles. The van der Waals surface area contributed by atoms with Crippen molar-refractivity contribution in [1.82, 2.24) is 5.32 Å². The van der Waals surface area contributed by atoms with Crippen LogP contribution in [0.25, 0.3) is 6.08 Å². The lowest BCUT2D eigenvalue weighted by atomic mass is 9.76. The van der Waals surface area contributed by atoms with Crippen LogP contribution >= 0.6 is 27.5 Å². The van der Waals surface area contributed by atoms with E-state index in [1.165, 1.54) is 22.9 Å². The molecule has 0 unspecified atom stereocenters. The Morgan fingerprint density at radius 1 is 0.784 bits per heavy atom. The first-order valence-electron chi connectivity index (χ1n) is 16.9. The van der Waals surface area contributed by atoms with Crippen LogP contribution in [0.5, 0.6) is 5.75 Å². The number of anilines is 2. The monoisotopic (exact) mass is 757 g/mol. The maximum Gasteiger partial charge on any atom is 0.335 e. The topological polar surface area (TPSA) is 79.0 Å². The average molecular weight is 759 g/mol. The molecule has 0 radical (unpaired) electrons. The minimum absolute atomic E-state index is 0.0751. The highest BCUT2D eigenvalue weighted by Gasteiger charge is 2.40. The molecule has 2 atom stereocenters.